The number of hydrogen-bond acceptors (Lipinski definition) is 5. The average molecular weight is 376 g/mol. The van der Waals surface area contributed by atoms with Gasteiger partial charge in [-0.05, 0) is 12.1 Å². The van der Waals surface area contributed by atoms with Crippen LogP contribution in [-0.2, 0) is 4.79 Å². The van der Waals surface area contributed by atoms with Gasteiger partial charge in [-0.25, -0.2) is 18.7 Å². The third-order valence-corrected chi connectivity index (χ3v) is 4.27. The second kappa shape index (κ2) is 7.46. The quantitative estimate of drug-likeness (QED) is 0.823. The van der Waals surface area contributed by atoms with Gasteiger partial charge in [0.05, 0.1) is 0 Å². The Hall–Kier alpha value is -2.77. The van der Waals surface area contributed by atoms with Crippen LogP contribution in [0.3, 0.4) is 0 Å². The molecule has 8 heteroatoms. The summed E-state index contributed by atoms with van der Waals surface area (Å²) in [5.41, 5.74) is -0.400. The van der Waals surface area contributed by atoms with E-state index >= 15 is 0 Å². The number of amides is 1. The summed E-state index contributed by atoms with van der Waals surface area (Å²) in [4.78, 5) is 24.5. The first-order chi connectivity index (χ1) is 12.7. The van der Waals surface area contributed by atoms with E-state index in [1.54, 1.807) is 6.07 Å². The Morgan fingerprint density at radius 3 is 2.37 bits per heavy atom. The van der Waals surface area contributed by atoms with Gasteiger partial charge < -0.3 is 14.5 Å². The molecular formula is C19H22F2N4O2. The number of hydrogen-bond donors (Lipinski definition) is 0. The average Bonchev–Trinajstić information content (AvgIpc) is 2.64. The van der Waals surface area contributed by atoms with Gasteiger partial charge in [-0.2, -0.15) is 0 Å². The van der Waals surface area contributed by atoms with Crippen LogP contribution in [0.4, 0.5) is 14.6 Å². The molecule has 1 fully saturated rings. The first-order valence-electron chi connectivity index (χ1n) is 8.73. The van der Waals surface area contributed by atoms with Gasteiger partial charge >= 0.3 is 0 Å². The number of piperazine rings is 1. The van der Waals surface area contributed by atoms with Crippen LogP contribution in [0.15, 0.2) is 30.6 Å². The monoisotopic (exact) mass is 376 g/mol. The van der Waals surface area contributed by atoms with Crippen LogP contribution >= 0.6 is 0 Å². The molecule has 0 N–H and O–H groups in total. The Morgan fingerprint density at radius 2 is 1.74 bits per heavy atom. The van der Waals surface area contributed by atoms with Crippen molar-refractivity contribution in [1.82, 2.24) is 14.9 Å². The molecule has 6 nitrogen and oxygen atoms in total. The number of halogens is 2. The van der Waals surface area contributed by atoms with Crippen molar-refractivity contribution in [2.24, 2.45) is 5.41 Å². The lowest BCUT2D eigenvalue weighted by molar-refractivity contribution is -0.139. The molecule has 1 saturated heterocycles. The molecule has 2 aromatic rings. The number of carbonyl (C=O) groups is 1. The number of aromatic nitrogens is 2. The van der Waals surface area contributed by atoms with Crippen LogP contribution in [-0.4, -0.2) is 47.0 Å². The molecule has 3 rings (SSSR count). The van der Waals surface area contributed by atoms with Gasteiger partial charge in [0, 0.05) is 43.7 Å². The fraction of sp³-hybridized carbons (Fsp3) is 0.421. The van der Waals surface area contributed by atoms with Gasteiger partial charge in [-0.15, -0.1) is 0 Å². The molecule has 1 aromatic carbocycles. The van der Waals surface area contributed by atoms with Crippen LogP contribution < -0.4 is 9.64 Å². The molecule has 1 amide bonds. The highest BCUT2D eigenvalue weighted by Crippen LogP contribution is 2.25. The zero-order chi connectivity index (χ0) is 19.6. The summed E-state index contributed by atoms with van der Waals surface area (Å²) in [6.07, 6.45) is 1.36. The zero-order valence-corrected chi connectivity index (χ0v) is 15.6. The fourth-order valence-electron chi connectivity index (χ4n) is 2.83. The van der Waals surface area contributed by atoms with Crippen LogP contribution in [0.5, 0.6) is 11.6 Å². The Morgan fingerprint density at radius 1 is 1.04 bits per heavy atom. The number of benzene rings is 1. The van der Waals surface area contributed by atoms with E-state index < -0.39 is 17.0 Å². The molecule has 2 heterocycles. The molecule has 27 heavy (non-hydrogen) atoms. The second-order valence-electron chi connectivity index (χ2n) is 7.42. The van der Waals surface area contributed by atoms with E-state index in [2.05, 4.69) is 9.97 Å². The second-order valence-corrected chi connectivity index (χ2v) is 7.42. The lowest BCUT2D eigenvalue weighted by Gasteiger charge is -2.38. The van der Waals surface area contributed by atoms with E-state index in [-0.39, 0.29) is 17.5 Å². The highest BCUT2D eigenvalue weighted by atomic mass is 19.2. The Bertz CT molecular complexity index is 831. The van der Waals surface area contributed by atoms with Gasteiger partial charge in [0.15, 0.2) is 11.6 Å². The van der Waals surface area contributed by atoms with E-state index in [4.69, 9.17) is 4.74 Å². The zero-order valence-electron chi connectivity index (χ0n) is 15.6. The minimum atomic E-state index is -0.985. The molecule has 1 aliphatic heterocycles. The predicted octanol–water partition coefficient (Wildman–Crippen LogP) is 3.24. The van der Waals surface area contributed by atoms with Crippen molar-refractivity contribution in [3.8, 4) is 11.6 Å². The largest absolute Gasteiger partial charge is 0.439 e. The van der Waals surface area contributed by atoms with Crippen LogP contribution in [0, 0.1) is 17.0 Å². The lowest BCUT2D eigenvalue weighted by Crippen LogP contribution is -2.51. The van der Waals surface area contributed by atoms with Crippen molar-refractivity contribution in [2.75, 3.05) is 31.1 Å². The first-order valence-corrected chi connectivity index (χ1v) is 8.73. The standard InChI is InChI=1S/C19H22F2N4O2/c1-19(2,3)18(26)25-8-6-24(7-9-25)16-11-17(23-12-22-16)27-13-4-5-14(20)15(21)10-13/h4-5,10-12H,6-9H2,1-3H3. The maximum Gasteiger partial charge on any atom is 0.228 e. The van der Waals surface area contributed by atoms with Gasteiger partial charge in [-0.1, -0.05) is 20.8 Å². The molecular weight excluding hydrogens is 354 g/mol. The molecule has 1 aliphatic rings. The number of carbonyl (C=O) groups excluding carboxylic acids is 1. The molecule has 0 radical (unpaired) electrons. The first kappa shape index (κ1) is 19.0. The summed E-state index contributed by atoms with van der Waals surface area (Å²) in [7, 11) is 0. The summed E-state index contributed by atoms with van der Waals surface area (Å²) >= 11 is 0. The summed E-state index contributed by atoms with van der Waals surface area (Å²) in [5, 5.41) is 0. The van der Waals surface area contributed by atoms with E-state index in [0.717, 1.165) is 12.1 Å². The molecule has 0 saturated carbocycles. The maximum atomic E-state index is 13.3. The van der Waals surface area contributed by atoms with Crippen LogP contribution in [0.1, 0.15) is 20.8 Å². The van der Waals surface area contributed by atoms with Gasteiger partial charge in [0.25, 0.3) is 0 Å². The number of ether oxygens (including phenoxy) is 1. The smallest absolute Gasteiger partial charge is 0.228 e. The van der Waals surface area contributed by atoms with Gasteiger partial charge in [-0.3, -0.25) is 4.79 Å². The molecule has 0 unspecified atom stereocenters. The van der Waals surface area contributed by atoms with Crippen LogP contribution in [0.2, 0.25) is 0 Å². The van der Waals surface area contributed by atoms with Crippen molar-refractivity contribution in [3.63, 3.8) is 0 Å². The molecule has 1 aromatic heterocycles. The third-order valence-electron chi connectivity index (χ3n) is 4.27. The van der Waals surface area contributed by atoms with E-state index in [9.17, 15) is 13.6 Å². The third kappa shape index (κ3) is 4.50. The fourth-order valence-corrected chi connectivity index (χ4v) is 2.83. The SMILES string of the molecule is CC(C)(C)C(=O)N1CCN(c2cc(Oc3ccc(F)c(F)c3)ncn2)CC1. The Balaban J connectivity index is 1.66. The number of rotatable bonds is 3. The summed E-state index contributed by atoms with van der Waals surface area (Å²) in [6, 6.07) is 4.94. The van der Waals surface area contributed by atoms with E-state index in [1.807, 2.05) is 30.6 Å². The normalized spacial score (nSPS) is 15.0. The van der Waals surface area contributed by atoms with Crippen molar-refractivity contribution < 1.29 is 18.3 Å². The lowest BCUT2D eigenvalue weighted by atomic mass is 9.94. The molecule has 0 spiro atoms. The molecule has 144 valence electrons. The van der Waals surface area contributed by atoms with E-state index in [0.29, 0.717) is 32.0 Å². The predicted molar refractivity (Wildman–Crippen MR) is 96.7 cm³/mol. The maximum absolute atomic E-state index is 13.3. The minimum absolute atomic E-state index is 0.132. The number of nitrogens with zero attached hydrogens (tertiary/aromatic N) is 4. The summed E-state index contributed by atoms with van der Waals surface area (Å²) in [5.74, 6) is -0.745. The minimum Gasteiger partial charge on any atom is -0.439 e. The molecule has 0 atom stereocenters. The Labute approximate surface area is 156 Å². The molecule has 0 bridgehead atoms. The summed E-state index contributed by atoms with van der Waals surface area (Å²) < 4.78 is 31.8. The Kier molecular flexibility index (Phi) is 5.25. The van der Waals surface area contributed by atoms with Gasteiger partial charge in [0.1, 0.15) is 17.9 Å². The van der Waals surface area contributed by atoms with Gasteiger partial charge in [0.2, 0.25) is 11.8 Å². The van der Waals surface area contributed by atoms with Crippen molar-refractivity contribution in [2.45, 2.75) is 20.8 Å². The summed E-state index contributed by atoms with van der Waals surface area (Å²) in [6.45, 7) is 8.24. The van der Waals surface area contributed by atoms with Crippen LogP contribution in [0.25, 0.3) is 0 Å². The number of anilines is 1. The van der Waals surface area contributed by atoms with Crippen molar-refractivity contribution >= 4 is 11.7 Å². The van der Waals surface area contributed by atoms with E-state index in [1.165, 1.54) is 12.4 Å². The highest BCUT2D eigenvalue weighted by Gasteiger charge is 2.30. The van der Waals surface area contributed by atoms with Crippen molar-refractivity contribution in [1.29, 1.82) is 0 Å². The molecule has 0 aliphatic carbocycles. The topological polar surface area (TPSA) is 58.6 Å². The van der Waals surface area contributed by atoms with Crippen molar-refractivity contribution in [3.05, 3.63) is 42.2 Å². The highest BCUT2D eigenvalue weighted by molar-refractivity contribution is 5.81.